The first-order valence-electron chi connectivity index (χ1n) is 5.63. The third-order valence-corrected chi connectivity index (χ3v) is 2.08. The summed E-state index contributed by atoms with van der Waals surface area (Å²) < 4.78 is 15.3. The van der Waals surface area contributed by atoms with Crippen molar-refractivity contribution in [3.05, 3.63) is 17.7 Å². The second-order valence-electron chi connectivity index (χ2n) is 3.10. The van der Waals surface area contributed by atoms with Crippen LogP contribution in [0.1, 0.15) is 19.4 Å². The van der Waals surface area contributed by atoms with E-state index in [-0.39, 0.29) is 6.42 Å². The summed E-state index contributed by atoms with van der Waals surface area (Å²) in [7, 11) is 4.47. The maximum atomic E-state index is 10.6. The molecule has 1 aromatic carbocycles. The lowest BCUT2D eigenvalue weighted by atomic mass is 10.1. The van der Waals surface area contributed by atoms with Gasteiger partial charge in [-0.3, -0.25) is 4.79 Å². The Bertz CT molecular complexity index is 362. The van der Waals surface area contributed by atoms with E-state index in [1.165, 1.54) is 21.3 Å². The zero-order chi connectivity index (χ0) is 14.1. The molecule has 0 fully saturated rings. The molecule has 0 aliphatic heterocycles. The number of carbonyl (C=O) groups is 1. The van der Waals surface area contributed by atoms with Crippen molar-refractivity contribution in [1.82, 2.24) is 0 Å². The van der Waals surface area contributed by atoms with Gasteiger partial charge in [-0.1, -0.05) is 13.8 Å². The number of hydrogen-bond donors (Lipinski definition) is 1. The Morgan fingerprint density at radius 3 is 1.78 bits per heavy atom. The van der Waals surface area contributed by atoms with Gasteiger partial charge in [0, 0.05) is 0 Å². The highest BCUT2D eigenvalue weighted by atomic mass is 16.5. The molecule has 0 aliphatic rings. The van der Waals surface area contributed by atoms with Crippen molar-refractivity contribution in [1.29, 1.82) is 0 Å². The normalized spacial score (nSPS) is 8.94. The Morgan fingerprint density at radius 2 is 1.50 bits per heavy atom. The summed E-state index contributed by atoms with van der Waals surface area (Å²) in [5, 5.41) is 8.71. The largest absolute Gasteiger partial charge is 0.493 e. The van der Waals surface area contributed by atoms with Crippen LogP contribution >= 0.6 is 0 Å². The minimum Gasteiger partial charge on any atom is -0.493 e. The van der Waals surface area contributed by atoms with E-state index < -0.39 is 5.97 Å². The van der Waals surface area contributed by atoms with E-state index in [0.29, 0.717) is 22.8 Å². The molecule has 0 unspecified atom stereocenters. The van der Waals surface area contributed by atoms with Crippen LogP contribution in [0.4, 0.5) is 0 Å². The Labute approximate surface area is 107 Å². The van der Waals surface area contributed by atoms with Gasteiger partial charge in [0.05, 0.1) is 27.8 Å². The summed E-state index contributed by atoms with van der Waals surface area (Å²) in [6.07, 6.45) is -0.0866. The predicted octanol–water partition coefficient (Wildman–Crippen LogP) is 2.37. The second kappa shape index (κ2) is 8.22. The second-order valence-corrected chi connectivity index (χ2v) is 3.10. The van der Waals surface area contributed by atoms with Crippen molar-refractivity contribution < 1.29 is 24.1 Å². The van der Waals surface area contributed by atoms with Crippen LogP contribution in [0, 0.1) is 0 Å². The Hall–Kier alpha value is -1.91. The smallest absolute Gasteiger partial charge is 0.307 e. The third-order valence-electron chi connectivity index (χ3n) is 2.08. The first-order valence-corrected chi connectivity index (χ1v) is 5.63. The summed E-state index contributed by atoms with van der Waals surface area (Å²) >= 11 is 0. The van der Waals surface area contributed by atoms with Gasteiger partial charge < -0.3 is 19.3 Å². The number of benzene rings is 1. The van der Waals surface area contributed by atoms with E-state index in [0.717, 1.165) is 0 Å². The van der Waals surface area contributed by atoms with E-state index in [1.54, 1.807) is 12.1 Å². The highest BCUT2D eigenvalue weighted by Gasteiger charge is 2.14. The Kier molecular flexibility index (Phi) is 7.35. The Morgan fingerprint density at radius 1 is 1.06 bits per heavy atom. The molecule has 1 rings (SSSR count). The highest BCUT2D eigenvalue weighted by molar-refractivity contribution is 5.71. The molecule has 1 aromatic rings. The number of aliphatic carboxylic acids is 1. The van der Waals surface area contributed by atoms with E-state index in [4.69, 9.17) is 19.3 Å². The maximum absolute atomic E-state index is 10.6. The zero-order valence-electron chi connectivity index (χ0n) is 11.4. The molecule has 5 nitrogen and oxygen atoms in total. The topological polar surface area (TPSA) is 65.0 Å². The molecule has 0 radical (unpaired) electrons. The fraction of sp³-hybridized carbons (Fsp3) is 0.462. The predicted molar refractivity (Wildman–Crippen MR) is 68.8 cm³/mol. The summed E-state index contributed by atoms with van der Waals surface area (Å²) in [5.74, 6) is 0.463. The van der Waals surface area contributed by atoms with Crippen LogP contribution in [0.3, 0.4) is 0 Å². The molecule has 0 spiro atoms. The van der Waals surface area contributed by atoms with E-state index in [9.17, 15) is 4.79 Å². The van der Waals surface area contributed by atoms with Gasteiger partial charge in [-0.15, -0.1) is 0 Å². The van der Waals surface area contributed by atoms with Gasteiger partial charge in [-0.25, -0.2) is 0 Å². The summed E-state index contributed by atoms with van der Waals surface area (Å²) in [4.78, 5) is 10.6. The number of rotatable bonds is 5. The van der Waals surface area contributed by atoms with Gasteiger partial charge in [0.25, 0.3) is 0 Å². The number of carboxylic acid groups (broad SMARTS) is 1. The SMILES string of the molecule is CC.COc1cc(CC(=O)O)cc(OC)c1OC. The van der Waals surface area contributed by atoms with Gasteiger partial charge in [-0.2, -0.15) is 0 Å². The van der Waals surface area contributed by atoms with Gasteiger partial charge in [0.1, 0.15) is 0 Å². The maximum Gasteiger partial charge on any atom is 0.307 e. The number of ether oxygens (including phenoxy) is 3. The first-order chi connectivity index (χ1) is 8.62. The van der Waals surface area contributed by atoms with Crippen LogP contribution in [-0.2, 0) is 11.2 Å². The zero-order valence-corrected chi connectivity index (χ0v) is 11.4. The summed E-state index contributed by atoms with van der Waals surface area (Å²) in [6, 6.07) is 3.24. The van der Waals surface area contributed by atoms with Crippen molar-refractivity contribution >= 4 is 5.97 Å². The van der Waals surface area contributed by atoms with Gasteiger partial charge in [-0.05, 0) is 17.7 Å². The van der Waals surface area contributed by atoms with Gasteiger partial charge >= 0.3 is 5.97 Å². The molecular formula is C13H20O5. The van der Waals surface area contributed by atoms with Crippen LogP contribution in [0.2, 0.25) is 0 Å². The Balaban J connectivity index is 0.00000137. The lowest BCUT2D eigenvalue weighted by molar-refractivity contribution is -0.136. The minimum absolute atomic E-state index is 0.0866. The van der Waals surface area contributed by atoms with Crippen LogP contribution in [0.5, 0.6) is 17.2 Å². The molecule has 0 saturated heterocycles. The molecule has 0 aliphatic carbocycles. The first kappa shape index (κ1) is 16.1. The molecule has 0 bridgehead atoms. The molecular weight excluding hydrogens is 236 g/mol. The third kappa shape index (κ3) is 4.16. The lowest BCUT2D eigenvalue weighted by Gasteiger charge is -2.13. The molecule has 0 saturated carbocycles. The minimum atomic E-state index is -0.908. The summed E-state index contributed by atoms with van der Waals surface area (Å²) in [6.45, 7) is 4.00. The standard InChI is InChI=1S/C11H14O5.C2H6/c1-14-8-4-7(6-10(12)13)5-9(15-2)11(8)16-3;1-2/h4-5H,6H2,1-3H3,(H,12,13);1-2H3. The number of hydrogen-bond acceptors (Lipinski definition) is 4. The van der Waals surface area contributed by atoms with Crippen LogP contribution in [-0.4, -0.2) is 32.4 Å². The van der Waals surface area contributed by atoms with Crippen LogP contribution < -0.4 is 14.2 Å². The molecule has 102 valence electrons. The van der Waals surface area contributed by atoms with Crippen molar-refractivity contribution in [3.8, 4) is 17.2 Å². The van der Waals surface area contributed by atoms with Crippen molar-refractivity contribution in [2.75, 3.05) is 21.3 Å². The molecule has 1 N–H and O–H groups in total. The van der Waals surface area contributed by atoms with Gasteiger partial charge in [0.2, 0.25) is 5.75 Å². The van der Waals surface area contributed by atoms with Crippen LogP contribution in [0.25, 0.3) is 0 Å². The van der Waals surface area contributed by atoms with E-state index in [1.807, 2.05) is 13.8 Å². The van der Waals surface area contributed by atoms with E-state index in [2.05, 4.69) is 0 Å². The monoisotopic (exact) mass is 256 g/mol. The number of carboxylic acids is 1. The average molecular weight is 256 g/mol. The van der Waals surface area contributed by atoms with Crippen LogP contribution in [0.15, 0.2) is 12.1 Å². The molecule has 5 heteroatoms. The van der Waals surface area contributed by atoms with Crippen molar-refractivity contribution in [3.63, 3.8) is 0 Å². The fourth-order valence-electron chi connectivity index (χ4n) is 1.41. The average Bonchev–Trinajstić information content (AvgIpc) is 2.39. The molecule has 0 heterocycles. The molecule has 0 aromatic heterocycles. The molecule has 0 amide bonds. The fourth-order valence-corrected chi connectivity index (χ4v) is 1.41. The molecule has 18 heavy (non-hydrogen) atoms. The summed E-state index contributed by atoms with van der Waals surface area (Å²) in [5.41, 5.74) is 0.599. The van der Waals surface area contributed by atoms with Crippen molar-refractivity contribution in [2.45, 2.75) is 20.3 Å². The lowest BCUT2D eigenvalue weighted by Crippen LogP contribution is -2.02. The van der Waals surface area contributed by atoms with Gasteiger partial charge in [0.15, 0.2) is 11.5 Å². The molecule has 0 atom stereocenters. The number of methoxy groups -OCH3 is 3. The van der Waals surface area contributed by atoms with E-state index >= 15 is 0 Å². The quantitative estimate of drug-likeness (QED) is 0.876. The highest BCUT2D eigenvalue weighted by Crippen LogP contribution is 2.38. The van der Waals surface area contributed by atoms with Crippen molar-refractivity contribution in [2.24, 2.45) is 0 Å².